The van der Waals surface area contributed by atoms with Crippen LogP contribution >= 0.6 is 11.3 Å². The second-order valence-corrected chi connectivity index (χ2v) is 7.97. The summed E-state index contributed by atoms with van der Waals surface area (Å²) in [5.41, 5.74) is 0.675. The zero-order chi connectivity index (χ0) is 20.4. The number of aromatic nitrogens is 2. The maximum Gasteiger partial charge on any atom is 0.332 e. The van der Waals surface area contributed by atoms with Gasteiger partial charge in [0.25, 0.3) is 5.56 Å². The quantitative estimate of drug-likeness (QED) is 0.554. The predicted octanol–water partition coefficient (Wildman–Crippen LogP) is 3.22. The van der Waals surface area contributed by atoms with Crippen LogP contribution < -0.4 is 16.6 Å². The molecular weight excluding hydrogens is 386 g/mol. The van der Waals surface area contributed by atoms with Crippen LogP contribution in [0.5, 0.6) is 0 Å². The summed E-state index contributed by atoms with van der Waals surface area (Å²) in [4.78, 5) is 40.1. The third-order valence-corrected chi connectivity index (χ3v) is 5.63. The Balaban J connectivity index is 1.77. The fourth-order valence-corrected chi connectivity index (χ4v) is 4.22. The van der Waals surface area contributed by atoms with Crippen molar-refractivity contribution >= 4 is 33.1 Å². The molecule has 146 valence electrons. The van der Waals surface area contributed by atoms with E-state index in [9.17, 15) is 14.4 Å². The molecule has 1 amide bonds. The maximum absolute atomic E-state index is 13.2. The van der Waals surface area contributed by atoms with Crippen LogP contribution in [0.3, 0.4) is 0 Å². The zero-order valence-electron chi connectivity index (χ0n) is 15.8. The van der Waals surface area contributed by atoms with Gasteiger partial charge in [0.15, 0.2) is 0 Å². The Hall–Kier alpha value is -3.45. The molecule has 4 aromatic rings. The summed E-state index contributed by atoms with van der Waals surface area (Å²) < 4.78 is 2.58. The third kappa shape index (κ3) is 3.90. The lowest BCUT2D eigenvalue weighted by molar-refractivity contribution is -0.116. The minimum absolute atomic E-state index is 0.156. The Morgan fingerprint density at radius 3 is 2.31 bits per heavy atom. The maximum atomic E-state index is 13.2. The van der Waals surface area contributed by atoms with Crippen molar-refractivity contribution in [1.82, 2.24) is 9.13 Å². The molecule has 0 saturated heterocycles. The van der Waals surface area contributed by atoms with Crippen molar-refractivity contribution in [2.24, 2.45) is 0 Å². The first-order valence-corrected chi connectivity index (χ1v) is 9.97. The molecule has 0 unspecified atom stereocenters. The average Bonchev–Trinajstić information content (AvgIpc) is 3.12. The van der Waals surface area contributed by atoms with E-state index in [0.717, 1.165) is 10.4 Å². The van der Waals surface area contributed by atoms with Crippen molar-refractivity contribution in [2.45, 2.75) is 20.0 Å². The van der Waals surface area contributed by atoms with Gasteiger partial charge >= 0.3 is 5.69 Å². The molecule has 2 aromatic carbocycles. The lowest BCUT2D eigenvalue weighted by Crippen LogP contribution is -2.41. The first-order chi connectivity index (χ1) is 14.0. The van der Waals surface area contributed by atoms with Crippen molar-refractivity contribution < 1.29 is 4.79 Å². The van der Waals surface area contributed by atoms with Gasteiger partial charge in [-0.15, -0.1) is 11.3 Å². The molecule has 0 aliphatic heterocycles. The minimum Gasteiger partial charge on any atom is -0.325 e. The van der Waals surface area contributed by atoms with Crippen molar-refractivity contribution in [3.8, 4) is 0 Å². The Morgan fingerprint density at radius 2 is 1.62 bits per heavy atom. The topological polar surface area (TPSA) is 73.1 Å². The molecule has 1 N–H and O–H groups in total. The Kier molecular flexibility index (Phi) is 5.14. The van der Waals surface area contributed by atoms with Crippen LogP contribution in [-0.2, 0) is 17.9 Å². The van der Waals surface area contributed by atoms with Crippen LogP contribution in [0.25, 0.3) is 10.2 Å². The number of aryl methyl sites for hydroxylation is 1. The minimum atomic E-state index is -0.489. The average molecular weight is 405 g/mol. The molecular formula is C22H19N3O3S. The van der Waals surface area contributed by atoms with Gasteiger partial charge in [-0.2, -0.15) is 0 Å². The highest BCUT2D eigenvalue weighted by molar-refractivity contribution is 7.18. The molecule has 0 fully saturated rings. The van der Waals surface area contributed by atoms with E-state index in [1.807, 2.05) is 55.5 Å². The molecule has 4 rings (SSSR count). The number of para-hydroxylation sites is 1. The molecule has 2 aromatic heterocycles. The number of nitrogens with one attached hydrogen (secondary N) is 1. The second-order valence-electron chi connectivity index (χ2n) is 6.74. The number of hydrogen-bond acceptors (Lipinski definition) is 4. The summed E-state index contributed by atoms with van der Waals surface area (Å²) >= 11 is 1.34. The summed E-state index contributed by atoms with van der Waals surface area (Å²) in [5.74, 6) is -0.324. The number of thiophene rings is 1. The number of hydrogen-bond donors (Lipinski definition) is 1. The molecule has 0 aliphatic rings. The van der Waals surface area contributed by atoms with Crippen LogP contribution in [0.2, 0.25) is 0 Å². The fourth-order valence-electron chi connectivity index (χ4n) is 3.23. The smallest absolute Gasteiger partial charge is 0.325 e. The van der Waals surface area contributed by atoms with Crippen LogP contribution in [0.1, 0.15) is 10.4 Å². The summed E-state index contributed by atoms with van der Waals surface area (Å²) in [6.45, 7) is 1.87. The number of fused-ring (bicyclic) bond motifs is 1. The summed E-state index contributed by atoms with van der Waals surface area (Å²) in [6.07, 6.45) is 0. The van der Waals surface area contributed by atoms with Gasteiger partial charge in [0.1, 0.15) is 11.4 Å². The van der Waals surface area contributed by atoms with E-state index < -0.39 is 5.69 Å². The SMILES string of the molecule is Cc1cc2c(=O)n(Cc3ccccc3)c(=O)n(CC(=O)Nc3ccccc3)c2s1. The van der Waals surface area contributed by atoms with E-state index in [2.05, 4.69) is 5.32 Å². The van der Waals surface area contributed by atoms with Crippen molar-refractivity contribution in [3.05, 3.63) is 98.0 Å². The molecule has 0 saturated carbocycles. The number of rotatable bonds is 5. The molecule has 0 spiro atoms. The molecule has 29 heavy (non-hydrogen) atoms. The predicted molar refractivity (Wildman–Crippen MR) is 116 cm³/mol. The number of anilines is 1. The van der Waals surface area contributed by atoms with Gasteiger partial charge in [0.05, 0.1) is 11.9 Å². The summed E-state index contributed by atoms with van der Waals surface area (Å²) in [6, 6.07) is 20.2. The second kappa shape index (κ2) is 7.89. The summed E-state index contributed by atoms with van der Waals surface area (Å²) in [7, 11) is 0. The van der Waals surface area contributed by atoms with E-state index in [1.165, 1.54) is 20.5 Å². The van der Waals surface area contributed by atoms with Crippen molar-refractivity contribution in [3.63, 3.8) is 0 Å². The number of benzene rings is 2. The number of carbonyl (C=O) groups is 1. The van der Waals surface area contributed by atoms with Gasteiger partial charge < -0.3 is 5.32 Å². The van der Waals surface area contributed by atoms with E-state index >= 15 is 0 Å². The Labute approximate surface area is 170 Å². The summed E-state index contributed by atoms with van der Waals surface area (Å²) in [5, 5.41) is 3.25. The lowest BCUT2D eigenvalue weighted by Gasteiger charge is -2.12. The van der Waals surface area contributed by atoms with Gasteiger partial charge in [0.2, 0.25) is 5.91 Å². The van der Waals surface area contributed by atoms with Crippen LogP contribution in [0.15, 0.2) is 76.3 Å². The Morgan fingerprint density at radius 1 is 0.966 bits per heavy atom. The van der Waals surface area contributed by atoms with E-state index in [-0.39, 0.29) is 24.6 Å². The highest BCUT2D eigenvalue weighted by Gasteiger charge is 2.18. The molecule has 0 aliphatic carbocycles. The van der Waals surface area contributed by atoms with Crippen molar-refractivity contribution in [1.29, 1.82) is 0 Å². The largest absolute Gasteiger partial charge is 0.332 e. The highest BCUT2D eigenvalue weighted by atomic mass is 32.1. The van der Waals surface area contributed by atoms with Crippen molar-refractivity contribution in [2.75, 3.05) is 5.32 Å². The molecule has 6 nitrogen and oxygen atoms in total. The molecule has 7 heteroatoms. The van der Waals surface area contributed by atoms with E-state index in [4.69, 9.17) is 0 Å². The monoisotopic (exact) mass is 405 g/mol. The third-order valence-electron chi connectivity index (χ3n) is 4.56. The van der Waals surface area contributed by atoms with Gasteiger partial charge in [0, 0.05) is 10.6 Å². The molecule has 0 atom stereocenters. The zero-order valence-corrected chi connectivity index (χ0v) is 16.6. The van der Waals surface area contributed by atoms with E-state index in [0.29, 0.717) is 15.9 Å². The normalized spacial score (nSPS) is 10.9. The molecule has 0 radical (unpaired) electrons. The number of carbonyl (C=O) groups excluding carboxylic acids is 1. The standard InChI is InChI=1S/C22H19N3O3S/c1-15-12-18-20(27)24(13-16-8-4-2-5-9-16)22(28)25(21(18)29-15)14-19(26)23-17-10-6-3-7-11-17/h2-12H,13-14H2,1H3,(H,23,26). The first kappa shape index (κ1) is 18.9. The van der Waals surface area contributed by atoms with Crippen LogP contribution in [0, 0.1) is 6.92 Å². The number of nitrogens with zero attached hydrogens (tertiary/aromatic N) is 2. The first-order valence-electron chi connectivity index (χ1n) is 9.15. The molecule has 0 bridgehead atoms. The van der Waals surface area contributed by atoms with Crippen LogP contribution in [0.4, 0.5) is 5.69 Å². The highest BCUT2D eigenvalue weighted by Crippen LogP contribution is 2.21. The Bertz CT molecular complexity index is 1290. The lowest BCUT2D eigenvalue weighted by atomic mass is 10.2. The van der Waals surface area contributed by atoms with Crippen LogP contribution in [-0.4, -0.2) is 15.0 Å². The number of amides is 1. The van der Waals surface area contributed by atoms with Gasteiger partial charge in [-0.25, -0.2) is 4.79 Å². The fraction of sp³-hybridized carbons (Fsp3) is 0.136. The molecule has 2 heterocycles. The van der Waals surface area contributed by atoms with Gasteiger partial charge in [-0.1, -0.05) is 48.5 Å². The van der Waals surface area contributed by atoms with Gasteiger partial charge in [-0.3, -0.25) is 18.7 Å². The van der Waals surface area contributed by atoms with Gasteiger partial charge in [-0.05, 0) is 30.7 Å². The van der Waals surface area contributed by atoms with E-state index in [1.54, 1.807) is 18.2 Å².